The molecule has 0 aromatic rings. The van der Waals surface area contributed by atoms with Crippen LogP contribution < -0.4 is 5.32 Å². The van der Waals surface area contributed by atoms with Crippen LogP contribution in [0.3, 0.4) is 0 Å². The summed E-state index contributed by atoms with van der Waals surface area (Å²) in [5, 5.41) is 11.4. The van der Waals surface area contributed by atoms with Crippen LogP contribution in [-0.4, -0.2) is 29.4 Å². The van der Waals surface area contributed by atoms with Crippen LogP contribution in [0.5, 0.6) is 0 Å². The summed E-state index contributed by atoms with van der Waals surface area (Å²) in [5.74, 6) is 0. The average molecular weight is 217 g/mol. The van der Waals surface area contributed by atoms with Crippen molar-refractivity contribution in [1.29, 1.82) is 0 Å². The Balaban J connectivity index is 3.67. The number of hydrogen-bond acceptors (Lipinski definition) is 3. The maximum Gasteiger partial charge on any atom is 0.407 e. The number of amides is 1. The number of carbonyl (C=O) groups is 1. The molecule has 0 saturated carbocycles. The molecule has 0 bridgehead atoms. The Morgan fingerprint density at radius 1 is 1.40 bits per heavy atom. The molecule has 0 aliphatic heterocycles. The van der Waals surface area contributed by atoms with E-state index in [0.717, 1.165) is 19.3 Å². The molecule has 0 aliphatic carbocycles. The highest BCUT2D eigenvalue weighted by Crippen LogP contribution is 2.07. The first-order valence-corrected chi connectivity index (χ1v) is 5.45. The average Bonchev–Trinajstić information content (AvgIpc) is 2.00. The highest BCUT2D eigenvalue weighted by atomic mass is 16.6. The SMILES string of the molecule is CC(CCCCO)NC(=O)OC(C)(C)C. The zero-order valence-electron chi connectivity index (χ0n) is 10.2. The number of aliphatic hydroxyl groups is 1. The van der Waals surface area contributed by atoms with E-state index < -0.39 is 5.60 Å². The van der Waals surface area contributed by atoms with Crippen molar-refractivity contribution < 1.29 is 14.6 Å². The molecule has 0 aromatic heterocycles. The van der Waals surface area contributed by atoms with Crippen molar-refractivity contribution in [3.8, 4) is 0 Å². The van der Waals surface area contributed by atoms with Gasteiger partial charge in [-0.25, -0.2) is 4.79 Å². The molecule has 0 fully saturated rings. The minimum Gasteiger partial charge on any atom is -0.444 e. The van der Waals surface area contributed by atoms with E-state index in [0.29, 0.717) is 0 Å². The van der Waals surface area contributed by atoms with Crippen molar-refractivity contribution in [2.75, 3.05) is 6.61 Å². The van der Waals surface area contributed by atoms with Gasteiger partial charge in [-0.2, -0.15) is 0 Å². The number of hydrogen-bond donors (Lipinski definition) is 2. The lowest BCUT2D eigenvalue weighted by Crippen LogP contribution is -2.37. The first kappa shape index (κ1) is 14.2. The third-order valence-electron chi connectivity index (χ3n) is 1.81. The second-order valence-corrected chi connectivity index (χ2v) is 4.77. The predicted octanol–water partition coefficient (Wildman–Crippen LogP) is 2.06. The lowest BCUT2D eigenvalue weighted by atomic mass is 10.1. The van der Waals surface area contributed by atoms with Crippen LogP contribution in [0.25, 0.3) is 0 Å². The minimum absolute atomic E-state index is 0.0893. The molecular formula is C11H23NO3. The van der Waals surface area contributed by atoms with Gasteiger partial charge in [0.2, 0.25) is 0 Å². The van der Waals surface area contributed by atoms with E-state index in [4.69, 9.17) is 9.84 Å². The van der Waals surface area contributed by atoms with E-state index in [1.165, 1.54) is 0 Å². The molecule has 1 amide bonds. The molecule has 0 heterocycles. The molecule has 0 aromatic carbocycles. The summed E-state index contributed by atoms with van der Waals surface area (Å²) in [7, 11) is 0. The number of aliphatic hydroxyl groups excluding tert-OH is 1. The fourth-order valence-electron chi connectivity index (χ4n) is 1.14. The molecule has 90 valence electrons. The first-order valence-electron chi connectivity index (χ1n) is 5.45. The summed E-state index contributed by atoms with van der Waals surface area (Å²) in [6.07, 6.45) is 2.17. The monoisotopic (exact) mass is 217 g/mol. The van der Waals surface area contributed by atoms with Crippen LogP contribution in [0.15, 0.2) is 0 Å². The third kappa shape index (κ3) is 9.53. The molecule has 15 heavy (non-hydrogen) atoms. The normalized spacial score (nSPS) is 13.4. The molecule has 4 heteroatoms. The van der Waals surface area contributed by atoms with Crippen molar-refractivity contribution in [3.63, 3.8) is 0 Å². The molecule has 1 atom stereocenters. The predicted molar refractivity (Wildman–Crippen MR) is 59.8 cm³/mol. The summed E-state index contributed by atoms with van der Waals surface area (Å²) in [6, 6.07) is 0.0893. The van der Waals surface area contributed by atoms with Gasteiger partial charge in [0.25, 0.3) is 0 Å². The van der Waals surface area contributed by atoms with E-state index in [9.17, 15) is 4.79 Å². The van der Waals surface area contributed by atoms with Gasteiger partial charge in [0.15, 0.2) is 0 Å². The molecule has 0 spiro atoms. The molecule has 0 radical (unpaired) electrons. The van der Waals surface area contributed by atoms with Crippen molar-refractivity contribution in [1.82, 2.24) is 5.32 Å². The van der Waals surface area contributed by atoms with E-state index in [2.05, 4.69) is 5.32 Å². The van der Waals surface area contributed by atoms with Crippen molar-refractivity contribution in [2.24, 2.45) is 0 Å². The number of ether oxygens (including phenoxy) is 1. The molecule has 0 rings (SSSR count). The van der Waals surface area contributed by atoms with Crippen LogP contribution in [-0.2, 0) is 4.74 Å². The van der Waals surface area contributed by atoms with Gasteiger partial charge in [-0.05, 0) is 47.0 Å². The molecule has 0 aliphatic rings. The Kier molecular flexibility index (Phi) is 6.32. The fourth-order valence-corrected chi connectivity index (χ4v) is 1.14. The van der Waals surface area contributed by atoms with Gasteiger partial charge in [0.05, 0.1) is 0 Å². The second-order valence-electron chi connectivity index (χ2n) is 4.77. The van der Waals surface area contributed by atoms with E-state index in [1.54, 1.807) is 0 Å². The fraction of sp³-hybridized carbons (Fsp3) is 0.909. The summed E-state index contributed by atoms with van der Waals surface area (Å²) < 4.78 is 5.12. The number of alkyl carbamates (subject to hydrolysis) is 1. The third-order valence-corrected chi connectivity index (χ3v) is 1.81. The smallest absolute Gasteiger partial charge is 0.407 e. The van der Waals surface area contributed by atoms with Gasteiger partial charge in [-0.15, -0.1) is 0 Å². The number of carbonyl (C=O) groups excluding carboxylic acids is 1. The highest BCUT2D eigenvalue weighted by Gasteiger charge is 2.17. The Bertz CT molecular complexity index is 187. The van der Waals surface area contributed by atoms with Gasteiger partial charge in [-0.3, -0.25) is 0 Å². The van der Waals surface area contributed by atoms with Gasteiger partial charge >= 0.3 is 6.09 Å². The lowest BCUT2D eigenvalue weighted by molar-refractivity contribution is 0.0505. The van der Waals surface area contributed by atoms with E-state index in [1.807, 2.05) is 27.7 Å². The highest BCUT2D eigenvalue weighted by molar-refractivity contribution is 5.67. The van der Waals surface area contributed by atoms with E-state index >= 15 is 0 Å². The largest absolute Gasteiger partial charge is 0.444 e. The van der Waals surface area contributed by atoms with Crippen molar-refractivity contribution in [3.05, 3.63) is 0 Å². The minimum atomic E-state index is -0.450. The van der Waals surface area contributed by atoms with E-state index in [-0.39, 0.29) is 18.7 Å². The quantitative estimate of drug-likeness (QED) is 0.693. The van der Waals surface area contributed by atoms with Gasteiger partial charge in [0, 0.05) is 12.6 Å². The standard InChI is InChI=1S/C11H23NO3/c1-9(7-5-6-8-13)12-10(14)15-11(2,3)4/h9,13H,5-8H2,1-4H3,(H,12,14). The van der Waals surface area contributed by atoms with Crippen LogP contribution in [0.4, 0.5) is 4.79 Å². The molecule has 1 unspecified atom stereocenters. The lowest BCUT2D eigenvalue weighted by Gasteiger charge is -2.21. The number of unbranched alkanes of at least 4 members (excludes halogenated alkanes) is 1. The topological polar surface area (TPSA) is 58.6 Å². The molecule has 4 nitrogen and oxygen atoms in total. The van der Waals surface area contributed by atoms with Crippen LogP contribution >= 0.6 is 0 Å². The maximum absolute atomic E-state index is 11.3. The molecule has 0 saturated heterocycles. The van der Waals surface area contributed by atoms with Gasteiger partial charge < -0.3 is 15.2 Å². The zero-order chi connectivity index (χ0) is 11.9. The zero-order valence-corrected chi connectivity index (χ0v) is 10.2. The number of nitrogens with one attached hydrogen (secondary N) is 1. The molecule has 2 N–H and O–H groups in total. The second kappa shape index (κ2) is 6.67. The Morgan fingerprint density at radius 3 is 2.47 bits per heavy atom. The first-order chi connectivity index (χ1) is 6.85. The number of rotatable bonds is 5. The Morgan fingerprint density at radius 2 is 2.00 bits per heavy atom. The van der Waals surface area contributed by atoms with Crippen LogP contribution in [0.2, 0.25) is 0 Å². The summed E-state index contributed by atoms with van der Waals surface area (Å²) in [5.41, 5.74) is -0.450. The summed E-state index contributed by atoms with van der Waals surface area (Å²) >= 11 is 0. The summed E-state index contributed by atoms with van der Waals surface area (Å²) in [4.78, 5) is 11.3. The Hall–Kier alpha value is -0.770. The Labute approximate surface area is 92.0 Å². The van der Waals surface area contributed by atoms with Crippen molar-refractivity contribution >= 4 is 6.09 Å². The van der Waals surface area contributed by atoms with Gasteiger partial charge in [-0.1, -0.05) is 0 Å². The maximum atomic E-state index is 11.3. The summed E-state index contributed by atoms with van der Waals surface area (Å²) in [6.45, 7) is 7.65. The van der Waals surface area contributed by atoms with Gasteiger partial charge in [0.1, 0.15) is 5.60 Å². The molecular weight excluding hydrogens is 194 g/mol. The van der Waals surface area contributed by atoms with Crippen molar-refractivity contribution in [2.45, 2.75) is 58.6 Å². The van der Waals surface area contributed by atoms with Crippen LogP contribution in [0.1, 0.15) is 47.0 Å². The van der Waals surface area contributed by atoms with Crippen LogP contribution in [0, 0.1) is 0 Å².